The number of nitrogens with one attached hydrogen (secondary N) is 1. The van der Waals surface area contributed by atoms with Crippen molar-refractivity contribution in [2.45, 2.75) is 0 Å². The van der Waals surface area contributed by atoms with E-state index in [1.54, 1.807) is 24.3 Å². The lowest BCUT2D eigenvalue weighted by Crippen LogP contribution is -2.01. The molecule has 0 aliphatic rings. The molecule has 2 aromatic rings. The zero-order valence-electron chi connectivity index (χ0n) is 9.24. The van der Waals surface area contributed by atoms with E-state index in [-0.39, 0.29) is 11.4 Å². The van der Waals surface area contributed by atoms with E-state index in [0.717, 1.165) is 6.07 Å². The molecule has 0 unspecified atom stereocenters. The minimum absolute atomic E-state index is 0.109. The van der Waals surface area contributed by atoms with Crippen LogP contribution in [0.15, 0.2) is 36.4 Å². The van der Waals surface area contributed by atoms with Crippen LogP contribution in [0.3, 0.4) is 0 Å². The minimum atomic E-state index is -1.03. The minimum Gasteiger partial charge on any atom is -0.397 e. The predicted molar refractivity (Wildman–Crippen MR) is 65.2 cm³/mol. The number of hydrogen-bond acceptors (Lipinski definition) is 3. The van der Waals surface area contributed by atoms with Crippen LogP contribution in [0, 0.1) is 23.0 Å². The van der Waals surface area contributed by atoms with Gasteiger partial charge in [-0.25, -0.2) is 8.78 Å². The molecule has 0 spiro atoms. The lowest BCUT2D eigenvalue weighted by molar-refractivity contribution is 0.512. The first-order chi connectivity index (χ1) is 8.61. The number of hydrogen-bond donors (Lipinski definition) is 2. The van der Waals surface area contributed by atoms with Crippen LogP contribution in [0.5, 0.6) is 0 Å². The van der Waals surface area contributed by atoms with Gasteiger partial charge in [0.1, 0.15) is 5.69 Å². The van der Waals surface area contributed by atoms with Crippen molar-refractivity contribution < 1.29 is 8.78 Å². The van der Waals surface area contributed by atoms with Gasteiger partial charge in [0, 0.05) is 5.69 Å². The number of nitriles is 1. The first-order valence-corrected chi connectivity index (χ1v) is 5.12. The van der Waals surface area contributed by atoms with Gasteiger partial charge >= 0.3 is 0 Å². The van der Waals surface area contributed by atoms with Gasteiger partial charge < -0.3 is 11.1 Å². The normalized spacial score (nSPS) is 9.83. The zero-order chi connectivity index (χ0) is 13.1. The molecule has 0 heterocycles. The molecule has 0 amide bonds. The fourth-order valence-electron chi connectivity index (χ4n) is 1.47. The van der Waals surface area contributed by atoms with Gasteiger partial charge in [-0.1, -0.05) is 0 Å². The SMILES string of the molecule is N#Cc1ccc(Nc2c(N)ccc(F)c2F)cc1. The zero-order valence-corrected chi connectivity index (χ0v) is 9.24. The van der Waals surface area contributed by atoms with Crippen molar-refractivity contribution in [1.29, 1.82) is 5.26 Å². The largest absolute Gasteiger partial charge is 0.397 e. The van der Waals surface area contributed by atoms with Crippen molar-refractivity contribution in [3.8, 4) is 6.07 Å². The van der Waals surface area contributed by atoms with Crippen molar-refractivity contribution in [3.63, 3.8) is 0 Å². The van der Waals surface area contributed by atoms with Crippen LogP contribution in [0.25, 0.3) is 0 Å². The molecule has 2 aromatic carbocycles. The second kappa shape index (κ2) is 4.72. The second-order valence-corrected chi connectivity index (χ2v) is 3.64. The maximum Gasteiger partial charge on any atom is 0.184 e. The van der Waals surface area contributed by atoms with Crippen molar-refractivity contribution in [2.24, 2.45) is 0 Å². The topological polar surface area (TPSA) is 61.8 Å². The van der Waals surface area contributed by atoms with Gasteiger partial charge in [0.25, 0.3) is 0 Å². The summed E-state index contributed by atoms with van der Waals surface area (Å²) in [4.78, 5) is 0. The highest BCUT2D eigenvalue weighted by Crippen LogP contribution is 2.28. The summed E-state index contributed by atoms with van der Waals surface area (Å²) >= 11 is 0. The lowest BCUT2D eigenvalue weighted by atomic mass is 10.2. The van der Waals surface area contributed by atoms with Crippen LogP contribution >= 0.6 is 0 Å². The fourth-order valence-corrected chi connectivity index (χ4v) is 1.47. The van der Waals surface area contributed by atoms with Gasteiger partial charge in [-0.3, -0.25) is 0 Å². The molecule has 3 N–H and O–H groups in total. The summed E-state index contributed by atoms with van der Waals surface area (Å²) in [6.07, 6.45) is 0. The molecule has 0 bridgehead atoms. The van der Waals surface area contributed by atoms with Gasteiger partial charge in [-0.05, 0) is 36.4 Å². The Labute approximate surface area is 102 Å². The van der Waals surface area contributed by atoms with Crippen LogP contribution in [0.2, 0.25) is 0 Å². The summed E-state index contributed by atoms with van der Waals surface area (Å²) in [7, 11) is 0. The Morgan fingerprint density at radius 3 is 2.33 bits per heavy atom. The van der Waals surface area contributed by atoms with Crippen LogP contribution in [0.4, 0.5) is 25.8 Å². The molecular weight excluding hydrogens is 236 g/mol. The van der Waals surface area contributed by atoms with Crippen LogP contribution in [0.1, 0.15) is 5.56 Å². The maximum atomic E-state index is 13.5. The van der Waals surface area contributed by atoms with E-state index in [1.165, 1.54) is 6.07 Å². The lowest BCUT2D eigenvalue weighted by Gasteiger charge is -2.10. The molecule has 0 radical (unpaired) electrons. The van der Waals surface area contributed by atoms with E-state index < -0.39 is 11.6 Å². The van der Waals surface area contributed by atoms with Crippen molar-refractivity contribution in [2.75, 3.05) is 11.1 Å². The predicted octanol–water partition coefficient (Wildman–Crippen LogP) is 3.16. The Kier molecular flexibility index (Phi) is 3.11. The number of nitrogens with zero attached hydrogens (tertiary/aromatic N) is 1. The average Bonchev–Trinajstić information content (AvgIpc) is 2.40. The molecule has 90 valence electrons. The highest BCUT2D eigenvalue weighted by atomic mass is 19.2. The Morgan fingerprint density at radius 2 is 1.72 bits per heavy atom. The molecular formula is C13H9F2N3. The summed E-state index contributed by atoms with van der Waals surface area (Å²) < 4.78 is 26.6. The third-order valence-electron chi connectivity index (χ3n) is 2.41. The number of rotatable bonds is 2. The molecule has 0 atom stereocenters. The molecule has 0 fully saturated rings. The fraction of sp³-hybridized carbons (Fsp3) is 0. The van der Waals surface area contributed by atoms with Crippen LogP contribution in [-0.2, 0) is 0 Å². The van der Waals surface area contributed by atoms with Crippen molar-refractivity contribution >= 4 is 17.1 Å². The summed E-state index contributed by atoms with van der Waals surface area (Å²) in [6.45, 7) is 0. The maximum absolute atomic E-state index is 13.5. The summed E-state index contributed by atoms with van der Waals surface area (Å²) in [5.41, 5.74) is 6.57. The van der Waals surface area contributed by atoms with Gasteiger partial charge in [0.2, 0.25) is 0 Å². The Hall–Kier alpha value is -2.61. The van der Waals surface area contributed by atoms with Crippen LogP contribution in [-0.4, -0.2) is 0 Å². The number of benzene rings is 2. The Morgan fingerprint density at radius 1 is 1.06 bits per heavy atom. The highest BCUT2D eigenvalue weighted by molar-refractivity contribution is 5.73. The van der Waals surface area contributed by atoms with E-state index in [2.05, 4.69) is 5.32 Å². The molecule has 0 aliphatic carbocycles. The highest BCUT2D eigenvalue weighted by Gasteiger charge is 2.11. The van der Waals surface area contributed by atoms with Gasteiger partial charge in [0.15, 0.2) is 11.6 Å². The number of halogens is 2. The first kappa shape index (κ1) is 11.9. The quantitative estimate of drug-likeness (QED) is 0.799. The van der Waals surface area contributed by atoms with E-state index in [9.17, 15) is 8.78 Å². The molecule has 0 saturated heterocycles. The molecule has 0 saturated carbocycles. The van der Waals surface area contributed by atoms with E-state index >= 15 is 0 Å². The average molecular weight is 245 g/mol. The summed E-state index contributed by atoms with van der Waals surface area (Å²) in [5, 5.41) is 11.3. The number of nitrogens with two attached hydrogens (primary N) is 1. The van der Waals surface area contributed by atoms with Gasteiger partial charge in [0.05, 0.1) is 17.3 Å². The molecule has 3 nitrogen and oxygen atoms in total. The standard InChI is InChI=1S/C13H9F2N3/c14-10-5-6-11(17)13(12(10)15)18-9-3-1-8(7-16)2-4-9/h1-6,18H,17H2. The Balaban J connectivity index is 2.34. The van der Waals surface area contributed by atoms with Gasteiger partial charge in [-0.2, -0.15) is 5.26 Å². The second-order valence-electron chi connectivity index (χ2n) is 3.64. The third kappa shape index (κ3) is 2.23. The van der Waals surface area contributed by atoms with E-state index in [1.807, 2.05) is 6.07 Å². The van der Waals surface area contributed by atoms with Crippen molar-refractivity contribution in [3.05, 3.63) is 53.6 Å². The summed E-state index contributed by atoms with van der Waals surface area (Å²) in [5.74, 6) is -2.00. The Bertz CT molecular complexity index is 615. The molecule has 5 heteroatoms. The van der Waals surface area contributed by atoms with Gasteiger partial charge in [-0.15, -0.1) is 0 Å². The summed E-state index contributed by atoms with van der Waals surface area (Å²) in [6, 6.07) is 10.5. The van der Waals surface area contributed by atoms with E-state index in [0.29, 0.717) is 11.3 Å². The molecule has 0 aromatic heterocycles. The first-order valence-electron chi connectivity index (χ1n) is 5.12. The molecule has 0 aliphatic heterocycles. The van der Waals surface area contributed by atoms with Crippen molar-refractivity contribution in [1.82, 2.24) is 0 Å². The number of anilines is 3. The smallest absolute Gasteiger partial charge is 0.184 e. The molecule has 18 heavy (non-hydrogen) atoms. The monoisotopic (exact) mass is 245 g/mol. The third-order valence-corrected chi connectivity index (χ3v) is 2.41. The van der Waals surface area contributed by atoms with Crippen LogP contribution < -0.4 is 11.1 Å². The number of nitrogen functional groups attached to an aromatic ring is 1. The van der Waals surface area contributed by atoms with E-state index in [4.69, 9.17) is 11.0 Å². The molecule has 2 rings (SSSR count).